The summed E-state index contributed by atoms with van der Waals surface area (Å²) in [6.07, 6.45) is 0. The summed E-state index contributed by atoms with van der Waals surface area (Å²) < 4.78 is 10.4. The molecule has 0 aliphatic heterocycles. The zero-order valence-corrected chi connectivity index (χ0v) is 13.2. The number of fused-ring (bicyclic) bond motifs is 1. The lowest BCUT2D eigenvalue weighted by Crippen LogP contribution is -2.14. The fraction of sp³-hybridized carbons (Fsp3) is 0.0588. The molecule has 0 aliphatic carbocycles. The van der Waals surface area contributed by atoms with Crippen LogP contribution in [-0.4, -0.2) is 18.4 Å². The smallest absolute Gasteiger partial charge is 0.340 e. The van der Waals surface area contributed by atoms with E-state index in [-0.39, 0.29) is 16.3 Å². The number of esters is 1. The van der Waals surface area contributed by atoms with Crippen LogP contribution in [0.3, 0.4) is 0 Å². The van der Waals surface area contributed by atoms with Crippen molar-refractivity contribution in [1.29, 1.82) is 0 Å². The van der Waals surface area contributed by atoms with Gasteiger partial charge in [-0.15, -0.1) is 0 Å². The molecule has 1 aromatic heterocycles. The first-order chi connectivity index (χ1) is 11.0. The predicted octanol–water partition coefficient (Wildman–Crippen LogP) is 4.78. The molecule has 1 heterocycles. The SMILES string of the molecule is O=C(COC(=O)c1cc(Cl)ccc1Cl)c1cc2ccccc2o1. The molecule has 0 unspecified atom stereocenters. The molecule has 116 valence electrons. The van der Waals surface area contributed by atoms with Gasteiger partial charge in [0.2, 0.25) is 5.78 Å². The summed E-state index contributed by atoms with van der Waals surface area (Å²) in [6, 6.07) is 13.3. The van der Waals surface area contributed by atoms with Crippen LogP contribution in [0.5, 0.6) is 0 Å². The number of benzene rings is 2. The quantitative estimate of drug-likeness (QED) is 0.502. The zero-order chi connectivity index (χ0) is 16.4. The third-order valence-electron chi connectivity index (χ3n) is 3.18. The van der Waals surface area contributed by atoms with Crippen molar-refractivity contribution in [3.8, 4) is 0 Å². The first kappa shape index (κ1) is 15.6. The first-order valence-corrected chi connectivity index (χ1v) is 7.44. The molecule has 3 aromatic rings. The molecule has 23 heavy (non-hydrogen) atoms. The normalized spacial score (nSPS) is 10.7. The summed E-state index contributed by atoms with van der Waals surface area (Å²) in [7, 11) is 0. The second-order valence-corrected chi connectivity index (χ2v) is 5.62. The van der Waals surface area contributed by atoms with Crippen LogP contribution in [0.1, 0.15) is 20.9 Å². The van der Waals surface area contributed by atoms with Crippen LogP contribution in [0.25, 0.3) is 11.0 Å². The fourth-order valence-electron chi connectivity index (χ4n) is 2.05. The molecule has 6 heteroatoms. The van der Waals surface area contributed by atoms with Crippen molar-refractivity contribution in [3.05, 3.63) is 69.9 Å². The van der Waals surface area contributed by atoms with E-state index in [1.165, 1.54) is 12.1 Å². The minimum atomic E-state index is -0.720. The minimum Gasteiger partial charge on any atom is -0.454 e. The Labute approximate surface area is 141 Å². The number of hydrogen-bond acceptors (Lipinski definition) is 4. The van der Waals surface area contributed by atoms with Crippen LogP contribution >= 0.6 is 23.2 Å². The predicted molar refractivity (Wildman–Crippen MR) is 87.3 cm³/mol. The van der Waals surface area contributed by atoms with Crippen molar-refractivity contribution < 1.29 is 18.7 Å². The van der Waals surface area contributed by atoms with Crippen molar-refractivity contribution in [1.82, 2.24) is 0 Å². The van der Waals surface area contributed by atoms with E-state index in [4.69, 9.17) is 32.4 Å². The lowest BCUT2D eigenvalue weighted by atomic mass is 10.2. The van der Waals surface area contributed by atoms with Gasteiger partial charge in [-0.25, -0.2) is 4.79 Å². The summed E-state index contributed by atoms with van der Waals surface area (Å²) in [5, 5.41) is 1.36. The maximum atomic E-state index is 12.1. The van der Waals surface area contributed by atoms with E-state index < -0.39 is 18.4 Å². The number of ketones is 1. The van der Waals surface area contributed by atoms with Gasteiger partial charge < -0.3 is 9.15 Å². The van der Waals surface area contributed by atoms with Gasteiger partial charge in [0, 0.05) is 10.4 Å². The van der Waals surface area contributed by atoms with Gasteiger partial charge in [-0.1, -0.05) is 41.4 Å². The molecule has 3 rings (SSSR count). The Kier molecular flexibility index (Phi) is 4.37. The number of para-hydroxylation sites is 1. The summed E-state index contributed by atoms with van der Waals surface area (Å²) in [6.45, 7) is -0.443. The molecule has 4 nitrogen and oxygen atoms in total. The Balaban J connectivity index is 1.71. The Morgan fingerprint density at radius 2 is 1.83 bits per heavy atom. The molecular weight excluding hydrogens is 339 g/mol. The molecule has 0 fully saturated rings. The topological polar surface area (TPSA) is 56.5 Å². The Morgan fingerprint density at radius 1 is 1.04 bits per heavy atom. The summed E-state index contributed by atoms with van der Waals surface area (Å²) in [4.78, 5) is 24.0. The van der Waals surface area contributed by atoms with Crippen molar-refractivity contribution in [2.24, 2.45) is 0 Å². The van der Waals surface area contributed by atoms with Gasteiger partial charge in [0.25, 0.3) is 0 Å². The van der Waals surface area contributed by atoms with Crippen molar-refractivity contribution in [2.75, 3.05) is 6.61 Å². The number of carbonyl (C=O) groups is 2. The second kappa shape index (κ2) is 6.44. The lowest BCUT2D eigenvalue weighted by Gasteiger charge is -2.05. The molecule has 0 bridgehead atoms. The van der Waals surface area contributed by atoms with Crippen LogP contribution in [0.15, 0.2) is 52.9 Å². The van der Waals surface area contributed by atoms with Gasteiger partial charge in [0.1, 0.15) is 5.58 Å². The molecule has 0 aliphatic rings. The van der Waals surface area contributed by atoms with E-state index >= 15 is 0 Å². The standard InChI is InChI=1S/C17H10Cl2O4/c18-11-5-6-13(19)12(8-11)17(21)22-9-14(20)16-7-10-3-1-2-4-15(10)23-16/h1-8H,9H2. The average molecular weight is 349 g/mol. The lowest BCUT2D eigenvalue weighted by molar-refractivity contribution is 0.0468. The monoisotopic (exact) mass is 348 g/mol. The Morgan fingerprint density at radius 3 is 2.61 bits per heavy atom. The molecule has 0 saturated heterocycles. The number of furan rings is 1. The molecule has 0 saturated carbocycles. The number of hydrogen-bond donors (Lipinski definition) is 0. The first-order valence-electron chi connectivity index (χ1n) is 6.68. The molecule has 0 spiro atoms. The summed E-state index contributed by atoms with van der Waals surface area (Å²) >= 11 is 11.7. The van der Waals surface area contributed by atoms with E-state index in [2.05, 4.69) is 0 Å². The minimum absolute atomic E-state index is 0.108. The van der Waals surface area contributed by atoms with E-state index in [9.17, 15) is 9.59 Å². The Bertz CT molecular complexity index is 865. The van der Waals surface area contributed by atoms with Crippen LogP contribution in [0.4, 0.5) is 0 Å². The maximum absolute atomic E-state index is 12.1. The van der Waals surface area contributed by atoms with E-state index in [0.717, 1.165) is 5.39 Å². The zero-order valence-electron chi connectivity index (χ0n) is 11.7. The van der Waals surface area contributed by atoms with Gasteiger partial charge in [-0.05, 0) is 30.3 Å². The largest absolute Gasteiger partial charge is 0.454 e. The van der Waals surface area contributed by atoms with Crippen LogP contribution < -0.4 is 0 Å². The third kappa shape index (κ3) is 3.38. The van der Waals surface area contributed by atoms with Gasteiger partial charge in [0.15, 0.2) is 12.4 Å². The number of halogens is 2. The number of ether oxygens (including phenoxy) is 1. The number of Topliss-reactive ketones (excluding diaryl/α,β-unsaturated/α-hetero) is 1. The maximum Gasteiger partial charge on any atom is 0.340 e. The summed E-state index contributed by atoms with van der Waals surface area (Å²) in [5.74, 6) is -1.02. The van der Waals surface area contributed by atoms with E-state index in [1.54, 1.807) is 24.3 Å². The van der Waals surface area contributed by atoms with Gasteiger partial charge in [0.05, 0.1) is 10.6 Å². The van der Waals surface area contributed by atoms with E-state index in [0.29, 0.717) is 10.6 Å². The fourth-order valence-corrected chi connectivity index (χ4v) is 2.42. The average Bonchev–Trinajstić information content (AvgIpc) is 2.98. The molecule has 0 radical (unpaired) electrons. The highest BCUT2D eigenvalue weighted by atomic mass is 35.5. The highest BCUT2D eigenvalue weighted by molar-refractivity contribution is 6.35. The number of rotatable bonds is 4. The van der Waals surface area contributed by atoms with Gasteiger partial charge in [-0.3, -0.25) is 4.79 Å². The highest BCUT2D eigenvalue weighted by Crippen LogP contribution is 2.22. The molecule has 0 amide bonds. The van der Waals surface area contributed by atoms with Gasteiger partial charge in [-0.2, -0.15) is 0 Å². The van der Waals surface area contributed by atoms with E-state index in [1.807, 2.05) is 12.1 Å². The van der Waals surface area contributed by atoms with Crippen LogP contribution in [-0.2, 0) is 4.74 Å². The van der Waals surface area contributed by atoms with Crippen molar-refractivity contribution in [2.45, 2.75) is 0 Å². The third-order valence-corrected chi connectivity index (χ3v) is 3.75. The van der Waals surface area contributed by atoms with Gasteiger partial charge >= 0.3 is 5.97 Å². The molecule has 2 aromatic carbocycles. The van der Waals surface area contributed by atoms with Crippen LogP contribution in [0.2, 0.25) is 10.0 Å². The van der Waals surface area contributed by atoms with Crippen molar-refractivity contribution in [3.63, 3.8) is 0 Å². The van der Waals surface area contributed by atoms with Crippen LogP contribution in [0, 0.1) is 0 Å². The molecule has 0 atom stereocenters. The Hall–Kier alpha value is -2.30. The van der Waals surface area contributed by atoms with Crippen molar-refractivity contribution >= 4 is 45.9 Å². The second-order valence-electron chi connectivity index (χ2n) is 4.77. The molecule has 0 N–H and O–H groups in total. The number of carbonyl (C=O) groups excluding carboxylic acids is 2. The highest BCUT2D eigenvalue weighted by Gasteiger charge is 2.17. The molecular formula is C17H10Cl2O4. The summed E-state index contributed by atoms with van der Waals surface area (Å²) in [5.41, 5.74) is 0.705.